The van der Waals surface area contributed by atoms with Gasteiger partial charge in [0.15, 0.2) is 0 Å². The molecule has 0 aliphatic carbocycles. The van der Waals surface area contributed by atoms with E-state index in [-0.39, 0.29) is 29.6 Å². The molecule has 0 atom stereocenters. The Morgan fingerprint density at radius 2 is 1.70 bits per heavy atom. The maximum Gasteiger partial charge on any atom is 1.00 e. The van der Waals surface area contributed by atoms with Crippen LogP contribution in [0.3, 0.4) is 0 Å². The third kappa shape index (κ3) is 4.69. The van der Waals surface area contributed by atoms with Crippen LogP contribution >= 0.6 is 0 Å². The van der Waals surface area contributed by atoms with Crippen LogP contribution in [0, 0.1) is 0 Å². The monoisotopic (exact) mass is 166 g/mol. The summed E-state index contributed by atoms with van der Waals surface area (Å²) in [5.74, 6) is 0. The molecule has 0 heterocycles. The summed E-state index contributed by atoms with van der Waals surface area (Å²) in [4.78, 5) is 11.5. The molecule has 0 rings (SSSR count). The van der Waals surface area contributed by atoms with Gasteiger partial charge in [0.2, 0.25) is 0 Å². The van der Waals surface area contributed by atoms with Crippen LogP contribution in [0.25, 0.3) is 0 Å². The molecule has 0 aliphatic heterocycles. The fraction of sp³-hybridized carbons (Fsp3) is 0.714. The van der Waals surface area contributed by atoms with Gasteiger partial charge in [0.25, 0.3) is 0 Å². The van der Waals surface area contributed by atoms with Crippen molar-refractivity contribution in [3.63, 3.8) is 0 Å². The predicted molar refractivity (Wildman–Crippen MR) is 41.5 cm³/mol. The van der Waals surface area contributed by atoms with Gasteiger partial charge in [0, 0.05) is 0 Å². The minimum atomic E-state index is -2.13. The molecule has 0 aromatic rings. The molecule has 0 unspecified atom stereocenters. The van der Waals surface area contributed by atoms with E-state index in [9.17, 15) is 4.80 Å². The van der Waals surface area contributed by atoms with E-state index in [1.54, 1.807) is 0 Å². The van der Waals surface area contributed by atoms with Crippen molar-refractivity contribution in [1.29, 1.82) is 0 Å². The van der Waals surface area contributed by atoms with Gasteiger partial charge in [-0.3, -0.25) is 0 Å². The first-order valence-corrected chi connectivity index (χ1v) is 5.92. The molecule has 0 aromatic heterocycles. The van der Waals surface area contributed by atoms with Crippen LogP contribution in [0.1, 0.15) is 20.8 Å². The third-order valence-corrected chi connectivity index (χ3v) is 5.00. The number of rotatable bonds is 3. The maximum absolute atomic E-state index is 11.5. The minimum absolute atomic E-state index is 0. The molecule has 54 valence electrons. The van der Waals surface area contributed by atoms with Gasteiger partial charge < -0.3 is 4.80 Å². The molecule has 0 spiro atoms. The van der Waals surface area contributed by atoms with Crippen molar-refractivity contribution in [1.82, 2.24) is 0 Å². The largest absolute Gasteiger partial charge is 1.00 e. The first-order valence-electron chi connectivity index (χ1n) is 3.52. The Kier molecular flexibility index (Phi) is 8.93. The van der Waals surface area contributed by atoms with E-state index in [4.69, 9.17) is 0 Å². The van der Waals surface area contributed by atoms with Crippen molar-refractivity contribution < 1.29 is 34.4 Å². The van der Waals surface area contributed by atoms with E-state index in [1.165, 1.54) is 0 Å². The smallest absolute Gasteiger partial charge is 0.855 e. The Morgan fingerprint density at radius 3 is 1.80 bits per heavy atom. The van der Waals surface area contributed by atoms with E-state index >= 15 is 0 Å². The van der Waals surface area contributed by atoms with Gasteiger partial charge in [-0.2, -0.15) is 0 Å². The summed E-state index contributed by atoms with van der Waals surface area (Å²) in [6, 6.07) is 1.65. The van der Waals surface area contributed by atoms with Crippen molar-refractivity contribution in [3.8, 4) is 0 Å². The molecule has 0 bridgehead atoms. The molecule has 0 aromatic carbocycles. The SMILES string of the molecule is C/C=C\[Si]([O-])(CC)CC.[Na+]. The molecule has 1 nitrogen and oxygen atoms in total. The topological polar surface area (TPSA) is 23.1 Å². The van der Waals surface area contributed by atoms with Gasteiger partial charge in [-0.25, -0.2) is 0 Å². The van der Waals surface area contributed by atoms with E-state index < -0.39 is 8.32 Å². The summed E-state index contributed by atoms with van der Waals surface area (Å²) in [5.41, 5.74) is 1.88. The Bertz CT molecular complexity index is 99.8. The van der Waals surface area contributed by atoms with Gasteiger partial charge >= 0.3 is 29.6 Å². The van der Waals surface area contributed by atoms with Crippen molar-refractivity contribution in [2.24, 2.45) is 0 Å². The Balaban J connectivity index is 0. The molecular weight excluding hydrogens is 151 g/mol. The predicted octanol–water partition coefficient (Wildman–Crippen LogP) is -1.55. The zero-order valence-corrected chi connectivity index (χ0v) is 10.5. The van der Waals surface area contributed by atoms with Gasteiger partial charge in [0.05, 0.1) is 0 Å². The Labute approximate surface area is 87.0 Å². The number of allylic oxidation sites excluding steroid dienone is 1. The molecule has 0 amide bonds. The summed E-state index contributed by atoms with van der Waals surface area (Å²) in [5, 5.41) is 0. The summed E-state index contributed by atoms with van der Waals surface area (Å²) in [7, 11) is -2.13. The number of hydrogen-bond donors (Lipinski definition) is 0. The van der Waals surface area contributed by atoms with E-state index in [0.717, 1.165) is 12.1 Å². The molecular formula is C7H15NaOSi. The van der Waals surface area contributed by atoms with Crippen LogP contribution < -0.4 is 34.4 Å². The second-order valence-electron chi connectivity index (χ2n) is 2.27. The van der Waals surface area contributed by atoms with E-state index in [2.05, 4.69) is 0 Å². The molecule has 0 radical (unpaired) electrons. The van der Waals surface area contributed by atoms with Crippen LogP contribution in [-0.2, 0) is 0 Å². The fourth-order valence-corrected chi connectivity index (χ4v) is 2.37. The van der Waals surface area contributed by atoms with Gasteiger partial charge in [-0.05, 0) is 15.2 Å². The van der Waals surface area contributed by atoms with E-state index in [0.29, 0.717) is 0 Å². The second kappa shape index (κ2) is 6.62. The molecule has 10 heavy (non-hydrogen) atoms. The van der Waals surface area contributed by atoms with E-state index in [1.807, 2.05) is 32.5 Å². The van der Waals surface area contributed by atoms with Crippen LogP contribution in [0.15, 0.2) is 11.8 Å². The second-order valence-corrected chi connectivity index (χ2v) is 6.15. The minimum Gasteiger partial charge on any atom is -0.855 e. The standard InChI is InChI=1S/C7H15OSi.Na/c1-4-7-9(8,5-2)6-3;/h4,7H,5-6H2,1-3H3;/q-1;+1/b7-4-;. The van der Waals surface area contributed by atoms with Crippen LogP contribution in [-0.4, -0.2) is 8.32 Å². The molecule has 0 saturated carbocycles. The zero-order chi connectivity index (χ0) is 7.33. The first-order chi connectivity index (χ1) is 4.18. The maximum atomic E-state index is 11.5. The molecule has 0 aliphatic rings. The van der Waals surface area contributed by atoms with Gasteiger partial charge in [-0.1, -0.05) is 32.0 Å². The van der Waals surface area contributed by atoms with Gasteiger partial charge in [-0.15, -0.1) is 5.70 Å². The third-order valence-electron chi connectivity index (χ3n) is 1.67. The number of hydrogen-bond acceptors (Lipinski definition) is 1. The summed E-state index contributed by atoms with van der Waals surface area (Å²) >= 11 is 0. The zero-order valence-electron chi connectivity index (χ0n) is 7.48. The van der Waals surface area contributed by atoms with Crippen LogP contribution in [0.5, 0.6) is 0 Å². The molecule has 0 N–H and O–H groups in total. The van der Waals surface area contributed by atoms with Gasteiger partial charge in [0.1, 0.15) is 0 Å². The molecule has 0 saturated heterocycles. The Hall–Kier alpha value is 0.917. The Morgan fingerprint density at radius 1 is 1.30 bits per heavy atom. The fourth-order valence-electron chi connectivity index (χ4n) is 0.789. The van der Waals surface area contributed by atoms with Crippen molar-refractivity contribution >= 4 is 8.32 Å². The van der Waals surface area contributed by atoms with Crippen molar-refractivity contribution in [3.05, 3.63) is 11.8 Å². The van der Waals surface area contributed by atoms with Crippen LogP contribution in [0.4, 0.5) is 0 Å². The van der Waals surface area contributed by atoms with Crippen molar-refractivity contribution in [2.45, 2.75) is 32.9 Å². The average Bonchev–Trinajstić information content (AvgIpc) is 1.89. The summed E-state index contributed by atoms with van der Waals surface area (Å²) in [6.07, 6.45) is 1.90. The van der Waals surface area contributed by atoms with Crippen LogP contribution in [0.2, 0.25) is 12.1 Å². The molecule has 0 fully saturated rings. The first kappa shape index (κ1) is 13.5. The summed E-state index contributed by atoms with van der Waals surface area (Å²) in [6.45, 7) is 5.90. The molecule has 3 heteroatoms. The quantitative estimate of drug-likeness (QED) is 0.466. The summed E-state index contributed by atoms with van der Waals surface area (Å²) < 4.78 is 0. The normalized spacial score (nSPS) is 11.6. The average molecular weight is 166 g/mol. The van der Waals surface area contributed by atoms with Crippen molar-refractivity contribution in [2.75, 3.05) is 0 Å².